The predicted molar refractivity (Wildman–Crippen MR) is 74.5 cm³/mol. The number of ether oxygens (including phenoxy) is 2. The highest BCUT2D eigenvalue weighted by Crippen LogP contribution is 2.31. The van der Waals surface area contributed by atoms with Crippen LogP contribution in [0.5, 0.6) is 11.5 Å². The zero-order chi connectivity index (χ0) is 13.2. The Morgan fingerprint density at radius 1 is 1.37 bits per heavy atom. The lowest BCUT2D eigenvalue weighted by atomic mass is 10.0. The topological polar surface area (TPSA) is 47.7 Å². The number of likely N-dealkylation sites (tertiary alicyclic amines) is 1. The lowest BCUT2D eigenvalue weighted by molar-refractivity contribution is 0.0638. The molecule has 2 aliphatic rings. The number of hydrogen-bond acceptors (Lipinski definition) is 4. The highest BCUT2D eigenvalue weighted by molar-refractivity contribution is 5.40. The normalized spacial score (nSPS) is 28.3. The van der Waals surface area contributed by atoms with Crippen molar-refractivity contribution in [3.8, 4) is 11.5 Å². The standard InChI is InChI=1S/C15H22N2O2/c1-11(16)12-6-7-17(8-12)9-13-10-18-14-4-2-3-5-15(14)19-13/h2-5,11-13H,6-10,16H2,1H3. The van der Waals surface area contributed by atoms with Gasteiger partial charge in [0.1, 0.15) is 12.7 Å². The summed E-state index contributed by atoms with van der Waals surface area (Å²) in [6.45, 7) is 5.87. The predicted octanol–water partition coefficient (Wildman–Crippen LogP) is 1.50. The third-order valence-electron chi connectivity index (χ3n) is 4.08. The maximum atomic E-state index is 5.99. The number of nitrogens with zero attached hydrogens (tertiary/aromatic N) is 1. The van der Waals surface area contributed by atoms with E-state index in [0.717, 1.165) is 31.1 Å². The molecule has 0 bridgehead atoms. The molecular weight excluding hydrogens is 240 g/mol. The molecule has 0 aromatic heterocycles. The Morgan fingerprint density at radius 3 is 2.89 bits per heavy atom. The van der Waals surface area contributed by atoms with Crippen molar-refractivity contribution in [1.29, 1.82) is 0 Å². The van der Waals surface area contributed by atoms with E-state index >= 15 is 0 Å². The number of rotatable bonds is 3. The van der Waals surface area contributed by atoms with E-state index in [1.807, 2.05) is 24.3 Å². The van der Waals surface area contributed by atoms with Crippen LogP contribution in [0, 0.1) is 5.92 Å². The van der Waals surface area contributed by atoms with E-state index in [-0.39, 0.29) is 12.1 Å². The molecule has 3 unspecified atom stereocenters. The third kappa shape index (κ3) is 2.85. The monoisotopic (exact) mass is 262 g/mol. The quantitative estimate of drug-likeness (QED) is 0.896. The van der Waals surface area contributed by atoms with Gasteiger partial charge < -0.3 is 15.2 Å². The van der Waals surface area contributed by atoms with Crippen molar-refractivity contribution in [2.75, 3.05) is 26.2 Å². The second-order valence-corrected chi connectivity index (χ2v) is 5.67. The van der Waals surface area contributed by atoms with Gasteiger partial charge in [0.25, 0.3) is 0 Å². The number of hydrogen-bond donors (Lipinski definition) is 1. The van der Waals surface area contributed by atoms with Crippen molar-refractivity contribution in [3.63, 3.8) is 0 Å². The summed E-state index contributed by atoms with van der Waals surface area (Å²) in [5.74, 6) is 2.34. The van der Waals surface area contributed by atoms with Gasteiger partial charge in [0.15, 0.2) is 11.5 Å². The van der Waals surface area contributed by atoms with Crippen LogP contribution in [0.4, 0.5) is 0 Å². The molecule has 1 aromatic rings. The van der Waals surface area contributed by atoms with E-state index in [4.69, 9.17) is 15.2 Å². The molecule has 104 valence electrons. The zero-order valence-electron chi connectivity index (χ0n) is 11.4. The molecule has 2 heterocycles. The highest BCUT2D eigenvalue weighted by Gasteiger charge is 2.29. The van der Waals surface area contributed by atoms with E-state index in [2.05, 4.69) is 11.8 Å². The van der Waals surface area contributed by atoms with Crippen LogP contribution < -0.4 is 15.2 Å². The first-order valence-electron chi connectivity index (χ1n) is 7.09. The third-order valence-corrected chi connectivity index (χ3v) is 4.08. The minimum absolute atomic E-state index is 0.127. The van der Waals surface area contributed by atoms with Crippen molar-refractivity contribution < 1.29 is 9.47 Å². The van der Waals surface area contributed by atoms with Crippen LogP contribution in [0.2, 0.25) is 0 Å². The van der Waals surface area contributed by atoms with E-state index in [1.54, 1.807) is 0 Å². The summed E-state index contributed by atoms with van der Waals surface area (Å²) in [5.41, 5.74) is 5.97. The summed E-state index contributed by atoms with van der Waals surface area (Å²) in [4.78, 5) is 2.44. The number of nitrogens with two attached hydrogens (primary N) is 1. The van der Waals surface area contributed by atoms with Gasteiger partial charge in [-0.25, -0.2) is 0 Å². The fourth-order valence-electron chi connectivity index (χ4n) is 2.90. The van der Waals surface area contributed by atoms with Gasteiger partial charge in [0.05, 0.1) is 0 Å². The SMILES string of the molecule is CC(N)C1CCN(CC2COc3ccccc3O2)C1. The molecule has 1 aromatic carbocycles. The molecule has 0 saturated carbocycles. The smallest absolute Gasteiger partial charge is 0.161 e. The summed E-state index contributed by atoms with van der Waals surface area (Å²) in [5, 5.41) is 0. The fourth-order valence-corrected chi connectivity index (χ4v) is 2.90. The number of fused-ring (bicyclic) bond motifs is 1. The molecular formula is C15H22N2O2. The first-order valence-corrected chi connectivity index (χ1v) is 7.09. The van der Waals surface area contributed by atoms with Gasteiger partial charge in [-0.05, 0) is 37.9 Å². The molecule has 1 fully saturated rings. The lowest BCUT2D eigenvalue weighted by Gasteiger charge is -2.29. The minimum atomic E-state index is 0.127. The molecule has 3 rings (SSSR count). The lowest BCUT2D eigenvalue weighted by Crippen LogP contribution is -2.40. The van der Waals surface area contributed by atoms with E-state index < -0.39 is 0 Å². The molecule has 3 atom stereocenters. The Balaban J connectivity index is 1.55. The van der Waals surface area contributed by atoms with Crippen LogP contribution in [0.1, 0.15) is 13.3 Å². The van der Waals surface area contributed by atoms with Crippen LogP contribution in [0.25, 0.3) is 0 Å². The Bertz CT molecular complexity index is 436. The largest absolute Gasteiger partial charge is 0.486 e. The number of para-hydroxylation sites is 2. The van der Waals surface area contributed by atoms with Crippen LogP contribution in [0.15, 0.2) is 24.3 Å². The van der Waals surface area contributed by atoms with Crippen molar-refractivity contribution >= 4 is 0 Å². The summed E-state index contributed by atoms with van der Waals surface area (Å²) < 4.78 is 11.7. The summed E-state index contributed by atoms with van der Waals surface area (Å²) in [7, 11) is 0. The van der Waals surface area contributed by atoms with E-state index in [9.17, 15) is 0 Å². The van der Waals surface area contributed by atoms with Crippen LogP contribution in [0.3, 0.4) is 0 Å². The second kappa shape index (κ2) is 5.39. The van der Waals surface area contributed by atoms with Gasteiger partial charge in [0.2, 0.25) is 0 Å². The maximum absolute atomic E-state index is 5.99. The Morgan fingerprint density at radius 2 is 2.16 bits per heavy atom. The summed E-state index contributed by atoms with van der Waals surface area (Å²) >= 11 is 0. The minimum Gasteiger partial charge on any atom is -0.486 e. The molecule has 4 nitrogen and oxygen atoms in total. The summed E-state index contributed by atoms with van der Waals surface area (Å²) in [6.07, 6.45) is 1.32. The van der Waals surface area contributed by atoms with E-state index in [1.165, 1.54) is 6.42 Å². The first kappa shape index (κ1) is 12.8. The highest BCUT2D eigenvalue weighted by atomic mass is 16.6. The van der Waals surface area contributed by atoms with Gasteiger partial charge in [-0.1, -0.05) is 12.1 Å². The van der Waals surface area contributed by atoms with Crippen LogP contribution >= 0.6 is 0 Å². The molecule has 0 spiro atoms. The van der Waals surface area contributed by atoms with Gasteiger partial charge in [-0.2, -0.15) is 0 Å². The van der Waals surface area contributed by atoms with Gasteiger partial charge >= 0.3 is 0 Å². The maximum Gasteiger partial charge on any atom is 0.161 e. The molecule has 2 N–H and O–H groups in total. The molecule has 0 aliphatic carbocycles. The van der Waals surface area contributed by atoms with Crippen LogP contribution in [-0.2, 0) is 0 Å². The molecule has 1 saturated heterocycles. The molecule has 0 radical (unpaired) electrons. The van der Waals surface area contributed by atoms with Gasteiger partial charge in [0, 0.05) is 19.1 Å². The number of benzene rings is 1. The Kier molecular flexibility index (Phi) is 3.62. The zero-order valence-corrected chi connectivity index (χ0v) is 11.4. The molecule has 4 heteroatoms. The average Bonchev–Trinajstić information content (AvgIpc) is 2.87. The van der Waals surface area contributed by atoms with Crippen LogP contribution in [-0.4, -0.2) is 43.3 Å². The molecule has 2 aliphatic heterocycles. The first-order chi connectivity index (χ1) is 9.22. The van der Waals surface area contributed by atoms with Crippen molar-refractivity contribution in [2.45, 2.75) is 25.5 Å². The van der Waals surface area contributed by atoms with Crippen molar-refractivity contribution in [2.24, 2.45) is 11.7 Å². The summed E-state index contributed by atoms with van der Waals surface area (Å²) in [6, 6.07) is 8.15. The molecule has 0 amide bonds. The fraction of sp³-hybridized carbons (Fsp3) is 0.600. The van der Waals surface area contributed by atoms with Crippen molar-refractivity contribution in [1.82, 2.24) is 4.90 Å². The van der Waals surface area contributed by atoms with Crippen molar-refractivity contribution in [3.05, 3.63) is 24.3 Å². The Labute approximate surface area is 114 Å². The van der Waals surface area contributed by atoms with Gasteiger partial charge in [-0.3, -0.25) is 4.90 Å². The van der Waals surface area contributed by atoms with Gasteiger partial charge in [-0.15, -0.1) is 0 Å². The average molecular weight is 262 g/mol. The molecule has 19 heavy (non-hydrogen) atoms. The second-order valence-electron chi connectivity index (χ2n) is 5.67. The van der Waals surface area contributed by atoms with E-state index in [0.29, 0.717) is 12.5 Å². The Hall–Kier alpha value is -1.26.